The number of hydrogen-bond acceptors (Lipinski definition) is 10. The van der Waals surface area contributed by atoms with Crippen LogP contribution < -0.4 is 38.5 Å². The molecule has 3 rings (SSSR count). The quantitative estimate of drug-likeness (QED) is 0.161. The number of hydrogen-bond donors (Lipinski definition) is 1. The van der Waals surface area contributed by atoms with Crippen LogP contribution in [-0.2, 0) is 11.2 Å². The first kappa shape index (κ1) is 32.7. The number of nitrogens with one attached hydrogen (secondary N) is 1. The molecule has 11 heteroatoms. The number of rotatable bonds is 15. The van der Waals surface area contributed by atoms with E-state index in [4.69, 9.17) is 44.8 Å². The van der Waals surface area contributed by atoms with Crippen molar-refractivity contribution in [3.05, 3.63) is 76.5 Å². The summed E-state index contributed by atoms with van der Waals surface area (Å²) in [4.78, 5) is 25.9. The van der Waals surface area contributed by atoms with E-state index < -0.39 is 5.78 Å². The fourth-order valence-electron chi connectivity index (χ4n) is 4.21. The highest BCUT2D eigenvalue weighted by Crippen LogP contribution is 2.44. The van der Waals surface area contributed by atoms with Crippen LogP contribution >= 0.6 is 11.6 Å². The van der Waals surface area contributed by atoms with E-state index in [0.717, 1.165) is 5.56 Å². The van der Waals surface area contributed by atoms with Gasteiger partial charge in [-0.15, -0.1) is 0 Å². The van der Waals surface area contributed by atoms with E-state index in [1.54, 1.807) is 43.5 Å². The van der Waals surface area contributed by atoms with E-state index >= 15 is 0 Å². The molecule has 3 aromatic rings. The number of ether oxygens (including phenoxy) is 7. The smallest absolute Gasteiger partial charge is 0.204 e. The molecule has 0 amide bonds. The molecule has 0 saturated heterocycles. The molecule has 0 fully saturated rings. The Morgan fingerprint density at radius 3 is 1.91 bits per heavy atom. The van der Waals surface area contributed by atoms with Crippen LogP contribution in [0.2, 0.25) is 5.02 Å². The summed E-state index contributed by atoms with van der Waals surface area (Å²) in [5.74, 6) is 2.30. The summed E-state index contributed by atoms with van der Waals surface area (Å²) in [7, 11) is 10.4. The molecule has 0 aliphatic rings. The van der Waals surface area contributed by atoms with Crippen molar-refractivity contribution in [3.63, 3.8) is 0 Å². The SMILES string of the molecule is COc1cc(OC)c(/C=C/C(=O)Cc2ccc(OC)c(N/C=C\C(=O)c3cc(OC)c(OC)c(OC)c3Cl)c2)c(OC)c1. The van der Waals surface area contributed by atoms with Gasteiger partial charge in [0.25, 0.3) is 0 Å². The zero-order valence-electron chi connectivity index (χ0n) is 25.0. The van der Waals surface area contributed by atoms with Gasteiger partial charge in [0.05, 0.1) is 66.0 Å². The van der Waals surface area contributed by atoms with Gasteiger partial charge in [-0.2, -0.15) is 0 Å². The summed E-state index contributed by atoms with van der Waals surface area (Å²) in [5.41, 5.74) is 2.05. The Morgan fingerprint density at radius 1 is 0.721 bits per heavy atom. The minimum Gasteiger partial charge on any atom is -0.496 e. The van der Waals surface area contributed by atoms with Gasteiger partial charge in [0.15, 0.2) is 23.1 Å². The lowest BCUT2D eigenvalue weighted by Crippen LogP contribution is -2.03. The molecule has 0 spiro atoms. The number of benzene rings is 3. The van der Waals surface area contributed by atoms with Crippen molar-refractivity contribution in [2.24, 2.45) is 0 Å². The van der Waals surface area contributed by atoms with E-state index in [-0.39, 0.29) is 34.3 Å². The fraction of sp³-hybridized carbons (Fsp3) is 0.250. The molecule has 10 nitrogen and oxygen atoms in total. The zero-order valence-corrected chi connectivity index (χ0v) is 25.8. The highest BCUT2D eigenvalue weighted by atomic mass is 35.5. The van der Waals surface area contributed by atoms with Crippen LogP contribution in [0.3, 0.4) is 0 Å². The molecular weight excluding hydrogens is 578 g/mol. The number of methoxy groups -OCH3 is 7. The summed E-state index contributed by atoms with van der Waals surface area (Å²) >= 11 is 6.43. The van der Waals surface area contributed by atoms with Gasteiger partial charge in [-0.25, -0.2) is 0 Å². The van der Waals surface area contributed by atoms with E-state index in [1.165, 1.54) is 67.1 Å². The van der Waals surface area contributed by atoms with Gasteiger partial charge in [-0.1, -0.05) is 17.7 Å². The Kier molecular flexibility index (Phi) is 11.7. The van der Waals surface area contributed by atoms with Crippen molar-refractivity contribution in [2.45, 2.75) is 6.42 Å². The third kappa shape index (κ3) is 7.72. The van der Waals surface area contributed by atoms with E-state index in [2.05, 4.69) is 5.32 Å². The van der Waals surface area contributed by atoms with Gasteiger partial charge in [-0.05, 0) is 35.9 Å². The molecule has 0 aromatic heterocycles. The van der Waals surface area contributed by atoms with Gasteiger partial charge < -0.3 is 38.5 Å². The first-order valence-electron chi connectivity index (χ1n) is 12.9. The standard InChI is InChI=1S/C32H34ClNO9/c1-37-21-16-27(39-3)22(28(17-21)40-4)10-9-20(35)14-19-8-11-26(38-2)24(15-19)34-13-12-25(36)23-18-29(41-5)31(42-6)32(43-7)30(23)33/h8-13,15-18,34H,14H2,1-7H3/b10-9+,13-12-. The second-order valence-corrected chi connectivity index (χ2v) is 9.18. The topological polar surface area (TPSA) is 111 Å². The highest BCUT2D eigenvalue weighted by Gasteiger charge is 2.22. The second kappa shape index (κ2) is 15.4. The lowest BCUT2D eigenvalue weighted by Gasteiger charge is -2.15. The molecule has 0 saturated carbocycles. The number of carbonyl (C=O) groups is 2. The first-order valence-corrected chi connectivity index (χ1v) is 13.3. The maximum atomic E-state index is 13.0. The van der Waals surface area contributed by atoms with Crippen LogP contribution in [0, 0.1) is 0 Å². The van der Waals surface area contributed by atoms with Crippen LogP contribution in [0.15, 0.2) is 54.8 Å². The number of ketones is 2. The Hall–Kier alpha value is -4.83. The van der Waals surface area contributed by atoms with Gasteiger partial charge in [0.2, 0.25) is 5.75 Å². The number of allylic oxidation sites excluding steroid dienone is 2. The van der Waals surface area contributed by atoms with Crippen molar-refractivity contribution in [2.75, 3.05) is 55.1 Å². The lowest BCUT2D eigenvalue weighted by molar-refractivity contribution is -0.113. The van der Waals surface area contributed by atoms with Crippen LogP contribution in [0.4, 0.5) is 5.69 Å². The predicted octanol–water partition coefficient (Wildman–Crippen LogP) is 6.03. The minimum absolute atomic E-state index is 0.0887. The second-order valence-electron chi connectivity index (χ2n) is 8.81. The molecule has 0 bridgehead atoms. The Bertz CT molecular complexity index is 1510. The minimum atomic E-state index is -0.406. The highest BCUT2D eigenvalue weighted by molar-refractivity contribution is 6.36. The fourth-order valence-corrected chi connectivity index (χ4v) is 4.52. The molecule has 0 radical (unpaired) electrons. The Labute approximate surface area is 255 Å². The molecule has 1 N–H and O–H groups in total. The van der Waals surface area contributed by atoms with E-state index in [0.29, 0.717) is 40.0 Å². The van der Waals surface area contributed by atoms with Crippen LogP contribution in [0.1, 0.15) is 21.5 Å². The van der Waals surface area contributed by atoms with Gasteiger partial charge in [0.1, 0.15) is 23.0 Å². The molecule has 3 aromatic carbocycles. The maximum Gasteiger partial charge on any atom is 0.204 e. The van der Waals surface area contributed by atoms with Crippen molar-refractivity contribution in [1.82, 2.24) is 0 Å². The third-order valence-corrected chi connectivity index (χ3v) is 6.71. The first-order chi connectivity index (χ1) is 20.7. The third-order valence-electron chi connectivity index (χ3n) is 6.34. The van der Waals surface area contributed by atoms with Crippen LogP contribution in [0.5, 0.6) is 40.2 Å². The largest absolute Gasteiger partial charge is 0.496 e. The maximum absolute atomic E-state index is 13.0. The monoisotopic (exact) mass is 611 g/mol. The molecule has 0 atom stereocenters. The average molecular weight is 612 g/mol. The summed E-state index contributed by atoms with van der Waals surface area (Å²) in [6, 6.07) is 10.2. The van der Waals surface area contributed by atoms with Crippen molar-refractivity contribution in [1.29, 1.82) is 0 Å². The normalized spacial score (nSPS) is 10.9. The average Bonchev–Trinajstić information content (AvgIpc) is 3.02. The number of halogens is 1. The van der Waals surface area contributed by atoms with Crippen molar-refractivity contribution >= 4 is 34.9 Å². The predicted molar refractivity (Wildman–Crippen MR) is 165 cm³/mol. The molecule has 0 aliphatic carbocycles. The molecule has 0 aliphatic heterocycles. The summed E-state index contributed by atoms with van der Waals surface area (Å²) in [6.45, 7) is 0. The summed E-state index contributed by atoms with van der Waals surface area (Å²) in [5, 5.41) is 3.13. The van der Waals surface area contributed by atoms with Crippen LogP contribution in [-0.4, -0.2) is 61.3 Å². The summed E-state index contributed by atoms with van der Waals surface area (Å²) in [6.07, 6.45) is 5.98. The summed E-state index contributed by atoms with van der Waals surface area (Å²) < 4.78 is 37.6. The number of carbonyl (C=O) groups excluding carboxylic acids is 2. The Morgan fingerprint density at radius 2 is 1.35 bits per heavy atom. The lowest BCUT2D eigenvalue weighted by atomic mass is 10.1. The van der Waals surface area contributed by atoms with Crippen molar-refractivity contribution < 1.29 is 42.7 Å². The van der Waals surface area contributed by atoms with Gasteiger partial charge in [0, 0.05) is 36.4 Å². The Balaban J connectivity index is 1.79. The van der Waals surface area contributed by atoms with Crippen LogP contribution in [0.25, 0.3) is 6.08 Å². The van der Waals surface area contributed by atoms with Crippen molar-refractivity contribution in [3.8, 4) is 40.2 Å². The van der Waals surface area contributed by atoms with Gasteiger partial charge in [-0.3, -0.25) is 9.59 Å². The molecule has 0 unspecified atom stereocenters. The zero-order chi connectivity index (χ0) is 31.5. The molecule has 43 heavy (non-hydrogen) atoms. The van der Waals surface area contributed by atoms with Gasteiger partial charge >= 0.3 is 0 Å². The van der Waals surface area contributed by atoms with E-state index in [9.17, 15) is 9.59 Å². The molecule has 0 heterocycles. The van der Waals surface area contributed by atoms with E-state index in [1.807, 2.05) is 0 Å². The number of anilines is 1. The molecule has 228 valence electrons. The molecular formula is C32H34ClNO9.